The van der Waals surface area contributed by atoms with Crippen molar-refractivity contribution < 1.29 is 8.42 Å². The molecule has 26 heavy (non-hydrogen) atoms. The lowest BCUT2D eigenvalue weighted by atomic mass is 9.82. The van der Waals surface area contributed by atoms with Crippen molar-refractivity contribution in [3.05, 3.63) is 71.8 Å². The second-order valence-electron chi connectivity index (χ2n) is 7.51. The minimum Gasteiger partial charge on any atom is -0.289 e. The average Bonchev–Trinajstić information content (AvgIpc) is 2.62. The molecule has 0 radical (unpaired) electrons. The highest BCUT2D eigenvalue weighted by molar-refractivity contribution is 7.90. The molecule has 136 valence electrons. The smallest absolute Gasteiger partial charge is 0.175 e. The molecule has 0 saturated carbocycles. The van der Waals surface area contributed by atoms with Crippen molar-refractivity contribution in [1.29, 1.82) is 0 Å². The second kappa shape index (κ2) is 7.01. The van der Waals surface area contributed by atoms with Crippen LogP contribution in [0.25, 0.3) is 5.57 Å². The molecule has 2 bridgehead atoms. The van der Waals surface area contributed by atoms with Gasteiger partial charge in [-0.3, -0.25) is 4.90 Å². The van der Waals surface area contributed by atoms with Gasteiger partial charge in [0.25, 0.3) is 0 Å². The van der Waals surface area contributed by atoms with E-state index in [1.54, 1.807) is 6.07 Å². The van der Waals surface area contributed by atoms with Crippen molar-refractivity contribution in [2.24, 2.45) is 0 Å². The van der Waals surface area contributed by atoms with Crippen LogP contribution in [0.3, 0.4) is 0 Å². The third-order valence-corrected chi connectivity index (χ3v) is 6.73. The molecule has 0 spiro atoms. The van der Waals surface area contributed by atoms with Crippen LogP contribution < -0.4 is 0 Å². The van der Waals surface area contributed by atoms with Gasteiger partial charge in [0.2, 0.25) is 0 Å². The van der Waals surface area contributed by atoms with Gasteiger partial charge in [0, 0.05) is 24.9 Å². The molecule has 2 aromatic carbocycles. The van der Waals surface area contributed by atoms with Crippen molar-refractivity contribution in [2.75, 3.05) is 6.26 Å². The first-order valence-corrected chi connectivity index (χ1v) is 11.2. The number of benzene rings is 2. The van der Waals surface area contributed by atoms with Gasteiger partial charge in [-0.15, -0.1) is 0 Å². The van der Waals surface area contributed by atoms with Crippen LogP contribution in [0.2, 0.25) is 0 Å². The SMILES string of the molecule is CS(=O)(=O)c1cccc(C2=CC3CCCC(C2)N3Cc2ccccc2)c1. The number of hydrogen-bond donors (Lipinski definition) is 0. The van der Waals surface area contributed by atoms with E-state index in [1.807, 2.05) is 18.2 Å². The Morgan fingerprint density at radius 1 is 1.04 bits per heavy atom. The van der Waals surface area contributed by atoms with Crippen molar-refractivity contribution in [3.8, 4) is 0 Å². The van der Waals surface area contributed by atoms with Gasteiger partial charge in [-0.05, 0) is 48.1 Å². The summed E-state index contributed by atoms with van der Waals surface area (Å²) in [6.07, 6.45) is 8.31. The molecule has 3 nitrogen and oxygen atoms in total. The van der Waals surface area contributed by atoms with Crippen LogP contribution in [-0.4, -0.2) is 31.7 Å². The molecule has 1 saturated heterocycles. The van der Waals surface area contributed by atoms with Gasteiger partial charge in [0.05, 0.1) is 4.90 Å². The van der Waals surface area contributed by atoms with Crippen molar-refractivity contribution in [2.45, 2.75) is 49.2 Å². The van der Waals surface area contributed by atoms with Gasteiger partial charge in [-0.1, -0.05) is 55.0 Å². The van der Waals surface area contributed by atoms with Crippen molar-refractivity contribution in [3.63, 3.8) is 0 Å². The van der Waals surface area contributed by atoms with Gasteiger partial charge >= 0.3 is 0 Å². The standard InChI is InChI=1S/C22H25NO2S/c1-26(24,25)22-12-5-9-18(15-22)19-13-20-10-6-11-21(14-19)23(20)16-17-7-3-2-4-8-17/h2-5,7-9,12-13,15,20-21H,6,10-11,14,16H2,1H3. The first-order valence-electron chi connectivity index (χ1n) is 9.31. The van der Waals surface area contributed by atoms with Gasteiger partial charge in [0.15, 0.2) is 9.84 Å². The maximum Gasteiger partial charge on any atom is 0.175 e. The van der Waals surface area contributed by atoms with Crippen LogP contribution in [-0.2, 0) is 16.4 Å². The quantitative estimate of drug-likeness (QED) is 0.808. The molecular weight excluding hydrogens is 342 g/mol. The average molecular weight is 368 g/mol. The third kappa shape index (κ3) is 3.62. The number of sulfone groups is 1. The minimum absolute atomic E-state index is 0.410. The van der Waals surface area contributed by atoms with Gasteiger partial charge in [-0.25, -0.2) is 8.42 Å². The van der Waals surface area contributed by atoms with Gasteiger partial charge < -0.3 is 0 Å². The maximum atomic E-state index is 11.9. The van der Waals surface area contributed by atoms with E-state index in [0.29, 0.717) is 17.0 Å². The molecule has 0 N–H and O–H groups in total. The summed E-state index contributed by atoms with van der Waals surface area (Å²) in [5, 5.41) is 0. The highest BCUT2D eigenvalue weighted by atomic mass is 32.2. The highest BCUT2D eigenvalue weighted by Crippen LogP contribution is 2.38. The fraction of sp³-hybridized carbons (Fsp3) is 0.364. The molecule has 2 unspecified atom stereocenters. The first kappa shape index (κ1) is 17.5. The van der Waals surface area contributed by atoms with Crippen LogP contribution >= 0.6 is 0 Å². The number of rotatable bonds is 4. The molecule has 4 rings (SSSR count). The summed E-state index contributed by atoms with van der Waals surface area (Å²) in [6, 6.07) is 19.1. The normalized spacial score (nSPS) is 23.5. The second-order valence-corrected chi connectivity index (χ2v) is 9.52. The van der Waals surface area contributed by atoms with Crippen LogP contribution in [0, 0.1) is 0 Å². The molecule has 0 amide bonds. The lowest BCUT2D eigenvalue weighted by Crippen LogP contribution is -2.47. The molecule has 0 aliphatic carbocycles. The Morgan fingerprint density at radius 2 is 1.85 bits per heavy atom. The first-order chi connectivity index (χ1) is 12.5. The lowest BCUT2D eigenvalue weighted by molar-refractivity contribution is 0.0951. The Hall–Kier alpha value is -1.91. The van der Waals surface area contributed by atoms with E-state index >= 15 is 0 Å². The molecule has 0 aromatic heterocycles. The summed E-state index contributed by atoms with van der Waals surface area (Å²) in [5.41, 5.74) is 3.72. The summed E-state index contributed by atoms with van der Waals surface area (Å²) < 4.78 is 23.8. The van der Waals surface area contributed by atoms with Crippen LogP contribution in [0.5, 0.6) is 0 Å². The van der Waals surface area contributed by atoms with Crippen LogP contribution in [0.1, 0.15) is 36.8 Å². The molecule has 2 aromatic rings. The number of hydrogen-bond acceptors (Lipinski definition) is 3. The van der Waals surface area contributed by atoms with Crippen molar-refractivity contribution >= 4 is 15.4 Å². The topological polar surface area (TPSA) is 37.4 Å². The zero-order valence-electron chi connectivity index (χ0n) is 15.1. The molecule has 1 fully saturated rings. The fourth-order valence-corrected chi connectivity index (χ4v) is 4.97. The van der Waals surface area contributed by atoms with Crippen LogP contribution in [0.4, 0.5) is 0 Å². The van der Waals surface area contributed by atoms with E-state index in [9.17, 15) is 8.42 Å². The summed E-state index contributed by atoms with van der Waals surface area (Å²) in [4.78, 5) is 3.04. The summed E-state index contributed by atoms with van der Waals surface area (Å²) >= 11 is 0. The van der Waals surface area contributed by atoms with E-state index in [1.165, 1.54) is 36.7 Å². The predicted octanol–water partition coefficient (Wildman–Crippen LogP) is 4.30. The molecule has 2 heterocycles. The van der Waals surface area contributed by atoms with E-state index in [-0.39, 0.29) is 0 Å². The lowest BCUT2D eigenvalue weighted by Gasteiger charge is -2.45. The number of fused-ring (bicyclic) bond motifs is 2. The van der Waals surface area contributed by atoms with Crippen LogP contribution in [0.15, 0.2) is 65.6 Å². The van der Waals surface area contributed by atoms with E-state index in [2.05, 4.69) is 41.3 Å². The Labute approximate surface area is 156 Å². The van der Waals surface area contributed by atoms with Crippen molar-refractivity contribution in [1.82, 2.24) is 4.90 Å². The molecule has 2 aliphatic rings. The zero-order chi connectivity index (χ0) is 18.1. The zero-order valence-corrected chi connectivity index (χ0v) is 16.0. The van der Waals surface area contributed by atoms with Gasteiger partial charge in [-0.2, -0.15) is 0 Å². The summed E-state index contributed by atoms with van der Waals surface area (Å²) in [7, 11) is -3.17. The fourth-order valence-electron chi connectivity index (χ4n) is 4.30. The molecule has 4 heteroatoms. The van der Waals surface area contributed by atoms with Gasteiger partial charge in [0.1, 0.15) is 0 Å². The highest BCUT2D eigenvalue weighted by Gasteiger charge is 2.34. The number of piperidine rings is 1. The van der Waals surface area contributed by atoms with E-state index < -0.39 is 9.84 Å². The van der Waals surface area contributed by atoms with E-state index in [0.717, 1.165) is 18.5 Å². The maximum absolute atomic E-state index is 11.9. The Bertz CT molecular complexity index is 918. The third-order valence-electron chi connectivity index (χ3n) is 5.62. The Kier molecular flexibility index (Phi) is 4.72. The van der Waals surface area contributed by atoms with E-state index in [4.69, 9.17) is 0 Å². The molecule has 2 aliphatic heterocycles. The minimum atomic E-state index is -3.17. The Morgan fingerprint density at radius 3 is 2.58 bits per heavy atom. The monoisotopic (exact) mass is 367 g/mol. The molecule has 2 atom stereocenters. The number of nitrogens with zero attached hydrogens (tertiary/aromatic N) is 1. The molecular formula is C22H25NO2S. The largest absolute Gasteiger partial charge is 0.289 e. The summed E-state index contributed by atoms with van der Waals surface area (Å²) in [6.45, 7) is 0.989. The summed E-state index contributed by atoms with van der Waals surface area (Å²) in [5.74, 6) is 0. The predicted molar refractivity (Wildman–Crippen MR) is 106 cm³/mol. The Balaban J connectivity index is 1.63.